The molecule has 0 aliphatic carbocycles. The van der Waals surface area contributed by atoms with Gasteiger partial charge in [0.25, 0.3) is 0 Å². The molecule has 0 spiro atoms. The Balaban J connectivity index is 2.70. The molecule has 18 heavy (non-hydrogen) atoms. The van der Waals surface area contributed by atoms with Gasteiger partial charge in [-0.25, -0.2) is 0 Å². The summed E-state index contributed by atoms with van der Waals surface area (Å²) in [6, 6.07) is 5.84. The van der Waals surface area contributed by atoms with Gasteiger partial charge in [0, 0.05) is 6.42 Å². The minimum Gasteiger partial charge on any atom is -0.404 e. The van der Waals surface area contributed by atoms with Gasteiger partial charge in [-0.1, -0.05) is 24.0 Å². The smallest absolute Gasteiger partial charge is 0.404 e. The lowest BCUT2D eigenvalue weighted by atomic mass is 10.2. The normalized spacial score (nSPS) is 10.7. The van der Waals surface area contributed by atoms with Crippen molar-refractivity contribution in [3.63, 3.8) is 0 Å². The fraction of sp³-hybridized carbons (Fsp3) is 0.385. The molecule has 0 radical (unpaired) electrons. The van der Waals surface area contributed by atoms with Crippen LogP contribution in [0.1, 0.15) is 24.8 Å². The van der Waals surface area contributed by atoms with Gasteiger partial charge in [0.1, 0.15) is 5.75 Å². The zero-order valence-corrected chi connectivity index (χ0v) is 9.76. The molecule has 1 aromatic rings. The molecule has 0 unspecified atom stereocenters. The second-order valence-corrected chi connectivity index (χ2v) is 3.59. The molecule has 0 bridgehead atoms. The molecule has 98 valence electrons. The number of halogens is 3. The van der Waals surface area contributed by atoms with Gasteiger partial charge in [-0.3, -0.25) is 0 Å². The molecule has 1 rings (SSSR count). The fourth-order valence-corrected chi connectivity index (χ4v) is 1.30. The van der Waals surface area contributed by atoms with Gasteiger partial charge in [-0.2, -0.15) is 0 Å². The Morgan fingerprint density at radius 2 is 1.89 bits per heavy atom. The molecular formula is C13H14F3NO. The van der Waals surface area contributed by atoms with Crippen molar-refractivity contribution in [1.29, 1.82) is 0 Å². The molecule has 5 heteroatoms. The van der Waals surface area contributed by atoms with E-state index in [0.717, 1.165) is 12.8 Å². The first-order chi connectivity index (χ1) is 8.53. The molecule has 2 nitrogen and oxygen atoms in total. The van der Waals surface area contributed by atoms with Crippen LogP contribution in [0.3, 0.4) is 0 Å². The Morgan fingerprint density at radius 3 is 2.56 bits per heavy atom. The van der Waals surface area contributed by atoms with Gasteiger partial charge in [0.2, 0.25) is 0 Å². The van der Waals surface area contributed by atoms with E-state index in [2.05, 4.69) is 16.6 Å². The maximum absolute atomic E-state index is 12.1. The van der Waals surface area contributed by atoms with Crippen LogP contribution in [-0.4, -0.2) is 12.9 Å². The Morgan fingerprint density at radius 1 is 1.17 bits per heavy atom. The predicted molar refractivity (Wildman–Crippen MR) is 62.9 cm³/mol. The molecule has 0 aliphatic heterocycles. The fourth-order valence-electron chi connectivity index (χ4n) is 1.30. The van der Waals surface area contributed by atoms with E-state index >= 15 is 0 Å². The van der Waals surface area contributed by atoms with E-state index in [0.29, 0.717) is 13.0 Å². The predicted octanol–water partition coefficient (Wildman–Crippen LogP) is 3.07. The number of para-hydroxylation sites is 1. The van der Waals surface area contributed by atoms with Crippen molar-refractivity contribution in [2.75, 3.05) is 6.54 Å². The first kappa shape index (κ1) is 14.4. The van der Waals surface area contributed by atoms with E-state index in [4.69, 9.17) is 5.73 Å². The van der Waals surface area contributed by atoms with E-state index in [-0.39, 0.29) is 11.3 Å². The average molecular weight is 257 g/mol. The summed E-state index contributed by atoms with van der Waals surface area (Å²) >= 11 is 0. The first-order valence-corrected chi connectivity index (χ1v) is 5.56. The Hall–Kier alpha value is -1.67. The lowest BCUT2D eigenvalue weighted by Crippen LogP contribution is -2.17. The zero-order valence-electron chi connectivity index (χ0n) is 9.76. The highest BCUT2D eigenvalue weighted by Gasteiger charge is 2.31. The maximum atomic E-state index is 12.1. The number of rotatable bonds is 4. The van der Waals surface area contributed by atoms with Crippen LogP contribution in [0.2, 0.25) is 0 Å². The number of unbranched alkanes of at least 4 members (excludes halogenated alkanes) is 2. The van der Waals surface area contributed by atoms with Gasteiger partial charge in [0.05, 0.1) is 5.56 Å². The monoisotopic (exact) mass is 257 g/mol. The SMILES string of the molecule is NCCCCC#Cc1ccccc1OC(F)(F)F. The van der Waals surface area contributed by atoms with Gasteiger partial charge in [-0.15, -0.1) is 13.2 Å². The van der Waals surface area contributed by atoms with Crippen LogP contribution in [0, 0.1) is 11.8 Å². The van der Waals surface area contributed by atoms with Crippen LogP contribution in [0.4, 0.5) is 13.2 Å². The third kappa shape index (κ3) is 5.60. The molecule has 0 amide bonds. The Bertz CT molecular complexity index is 432. The summed E-state index contributed by atoms with van der Waals surface area (Å²) in [6.07, 6.45) is -2.39. The number of hydrogen-bond acceptors (Lipinski definition) is 2. The number of hydrogen-bond donors (Lipinski definition) is 1. The number of alkyl halides is 3. The molecule has 0 aromatic heterocycles. The summed E-state index contributed by atoms with van der Waals surface area (Å²) in [6.45, 7) is 0.593. The Kier molecular flexibility index (Phi) is 5.53. The second kappa shape index (κ2) is 6.92. The molecule has 2 N–H and O–H groups in total. The van der Waals surface area contributed by atoms with Crippen LogP contribution in [0.15, 0.2) is 24.3 Å². The largest absolute Gasteiger partial charge is 0.573 e. The second-order valence-electron chi connectivity index (χ2n) is 3.59. The number of benzene rings is 1. The van der Waals surface area contributed by atoms with E-state index in [9.17, 15) is 13.2 Å². The summed E-state index contributed by atoms with van der Waals surface area (Å²) in [5, 5.41) is 0. The molecular weight excluding hydrogens is 243 g/mol. The van der Waals surface area contributed by atoms with Crippen molar-refractivity contribution in [2.24, 2.45) is 5.73 Å². The van der Waals surface area contributed by atoms with Crippen molar-refractivity contribution in [2.45, 2.75) is 25.6 Å². The first-order valence-electron chi connectivity index (χ1n) is 5.56. The van der Waals surface area contributed by atoms with Crippen molar-refractivity contribution in [1.82, 2.24) is 0 Å². The topological polar surface area (TPSA) is 35.2 Å². The highest BCUT2D eigenvalue weighted by atomic mass is 19.4. The summed E-state index contributed by atoms with van der Waals surface area (Å²) in [5.41, 5.74) is 5.56. The van der Waals surface area contributed by atoms with Crippen LogP contribution in [-0.2, 0) is 0 Å². The third-order valence-corrected chi connectivity index (χ3v) is 2.09. The highest BCUT2D eigenvalue weighted by molar-refractivity contribution is 5.45. The summed E-state index contributed by atoms with van der Waals surface area (Å²) in [5.74, 6) is 5.22. The lowest BCUT2D eigenvalue weighted by Gasteiger charge is -2.09. The number of ether oxygens (including phenoxy) is 1. The summed E-state index contributed by atoms with van der Waals surface area (Å²) < 4.78 is 40.3. The summed E-state index contributed by atoms with van der Waals surface area (Å²) in [7, 11) is 0. The minimum atomic E-state index is -4.70. The third-order valence-electron chi connectivity index (χ3n) is 2.09. The minimum absolute atomic E-state index is 0.238. The van der Waals surface area contributed by atoms with Crippen LogP contribution < -0.4 is 10.5 Å². The van der Waals surface area contributed by atoms with Crippen molar-refractivity contribution in [3.8, 4) is 17.6 Å². The van der Waals surface area contributed by atoms with Crippen molar-refractivity contribution in [3.05, 3.63) is 29.8 Å². The van der Waals surface area contributed by atoms with Crippen LogP contribution in [0.25, 0.3) is 0 Å². The molecule has 1 aromatic carbocycles. The van der Waals surface area contributed by atoms with E-state index in [1.807, 2.05) is 0 Å². The molecule has 0 aliphatic rings. The molecule has 0 atom stereocenters. The lowest BCUT2D eigenvalue weighted by molar-refractivity contribution is -0.274. The quantitative estimate of drug-likeness (QED) is 0.664. The van der Waals surface area contributed by atoms with Gasteiger partial charge < -0.3 is 10.5 Å². The van der Waals surface area contributed by atoms with Crippen molar-refractivity contribution >= 4 is 0 Å². The van der Waals surface area contributed by atoms with Gasteiger partial charge in [-0.05, 0) is 31.5 Å². The molecule has 0 saturated heterocycles. The average Bonchev–Trinajstić information content (AvgIpc) is 2.29. The standard InChI is InChI=1S/C13H14F3NO/c14-13(15,16)18-12-9-5-4-8-11(12)7-3-1-2-6-10-17/h4-5,8-9H,1-2,6,10,17H2. The zero-order chi connectivity index (χ0) is 13.4. The molecule has 0 saturated carbocycles. The van der Waals surface area contributed by atoms with Crippen LogP contribution in [0.5, 0.6) is 5.75 Å². The molecule has 0 fully saturated rings. The Labute approximate surface area is 104 Å². The van der Waals surface area contributed by atoms with Gasteiger partial charge >= 0.3 is 6.36 Å². The maximum Gasteiger partial charge on any atom is 0.573 e. The van der Waals surface area contributed by atoms with Crippen molar-refractivity contribution < 1.29 is 17.9 Å². The van der Waals surface area contributed by atoms with Crippen LogP contribution >= 0.6 is 0 Å². The highest BCUT2D eigenvalue weighted by Crippen LogP contribution is 2.25. The molecule has 0 heterocycles. The van der Waals surface area contributed by atoms with Gasteiger partial charge in [0.15, 0.2) is 0 Å². The van der Waals surface area contributed by atoms with E-state index in [1.165, 1.54) is 18.2 Å². The van der Waals surface area contributed by atoms with E-state index in [1.54, 1.807) is 6.07 Å². The number of nitrogens with two attached hydrogens (primary N) is 1. The summed E-state index contributed by atoms with van der Waals surface area (Å²) in [4.78, 5) is 0. The van der Waals surface area contributed by atoms with E-state index < -0.39 is 6.36 Å².